The third-order valence-corrected chi connectivity index (χ3v) is 10.0. The highest BCUT2D eigenvalue weighted by atomic mass is 19.1. The van der Waals surface area contributed by atoms with Crippen molar-refractivity contribution in [3.05, 3.63) is 94.4 Å². The van der Waals surface area contributed by atoms with E-state index in [1.54, 1.807) is 27.0 Å². The number of nitrogens with one attached hydrogen (secondary N) is 1. The van der Waals surface area contributed by atoms with Gasteiger partial charge in [-0.1, -0.05) is 42.2 Å². The molecule has 1 unspecified atom stereocenters. The van der Waals surface area contributed by atoms with Gasteiger partial charge in [-0.25, -0.2) is 4.39 Å². The summed E-state index contributed by atoms with van der Waals surface area (Å²) in [5.41, 5.74) is 7.42. The maximum Gasteiger partial charge on any atom is 0.161 e. The Hall–Kier alpha value is -14.3. The van der Waals surface area contributed by atoms with Crippen molar-refractivity contribution in [2.24, 2.45) is 0 Å². The Kier molecular flexibility index (Phi) is 28.2. The lowest BCUT2D eigenvalue weighted by molar-refractivity contribution is 0.158. The number of hydrogen-bond acceptors (Lipinski definition) is 3. The first kappa shape index (κ1) is 60.6. The summed E-state index contributed by atoms with van der Waals surface area (Å²) in [6.45, 7) is 5.64. The highest BCUT2D eigenvalue weighted by Crippen LogP contribution is 2.44. The lowest BCUT2D eigenvalue weighted by Gasteiger charge is -2.40. The number of halogens is 1. The van der Waals surface area contributed by atoms with Crippen molar-refractivity contribution < 1.29 is 13.9 Å². The molecule has 3 heterocycles. The molecule has 1 atom stereocenters. The molecule has 84 heavy (non-hydrogen) atoms. The van der Waals surface area contributed by atoms with E-state index in [1.807, 2.05) is 6.07 Å². The molecule has 0 spiro atoms. The Bertz CT molecular complexity index is 4840. The molecule has 0 radical (unpaired) electrons. The number of benzene rings is 3. The van der Waals surface area contributed by atoms with E-state index in [1.165, 1.54) is 45.4 Å². The number of methoxy groups -OCH3 is 1. The van der Waals surface area contributed by atoms with Crippen molar-refractivity contribution in [2.45, 2.75) is 45.9 Å². The van der Waals surface area contributed by atoms with Crippen LogP contribution in [-0.2, 0) is 26.0 Å². The van der Waals surface area contributed by atoms with Gasteiger partial charge in [-0.15, -0.1) is 0 Å². The molecule has 2 aliphatic rings. The third kappa shape index (κ3) is 24.1. The van der Waals surface area contributed by atoms with Crippen LogP contribution < -0.4 is 9.47 Å². The lowest BCUT2D eigenvalue weighted by atomic mass is 9.85. The first-order chi connectivity index (χ1) is 41.6. The molecule has 376 valence electrons. The summed E-state index contributed by atoms with van der Waals surface area (Å²) in [5, 5.41) is 1.33. The summed E-state index contributed by atoms with van der Waals surface area (Å²) in [5.74, 6) is 127. The van der Waals surface area contributed by atoms with Crippen LogP contribution in [0.4, 0.5) is 4.39 Å². The number of H-pyrrole nitrogens is 1. The summed E-state index contributed by atoms with van der Waals surface area (Å²) in [7, 11) is 1.68. The highest BCUT2D eigenvalue weighted by Gasteiger charge is 2.34. The monoisotopic (exact) mass is 1060 g/mol. The zero-order chi connectivity index (χ0) is 59.0. The zero-order valence-electron chi connectivity index (χ0n) is 45.0. The topological polar surface area (TPSA) is 37.5 Å². The third-order valence-electron chi connectivity index (χ3n) is 10.0. The average molecular weight is 1060 g/mol. The van der Waals surface area contributed by atoms with E-state index in [0.717, 1.165) is 37.2 Å². The Morgan fingerprint density at radius 3 is 1.20 bits per heavy atom. The first-order valence-electron chi connectivity index (χ1n) is 24.3. The van der Waals surface area contributed by atoms with E-state index in [0.29, 0.717) is 18.4 Å². The van der Waals surface area contributed by atoms with E-state index < -0.39 is 0 Å². The molecule has 1 aromatic heterocycles. The summed E-state index contributed by atoms with van der Waals surface area (Å²) >= 11 is 0. The minimum Gasteiger partial charge on any atom is -0.493 e. The molecule has 0 bridgehead atoms. The van der Waals surface area contributed by atoms with Crippen molar-refractivity contribution in [3.63, 3.8) is 0 Å². The van der Waals surface area contributed by atoms with Crippen LogP contribution in [0.3, 0.4) is 0 Å². The van der Waals surface area contributed by atoms with Gasteiger partial charge in [0.05, 0.1) is 7.11 Å². The zero-order valence-corrected chi connectivity index (χ0v) is 45.0. The fourth-order valence-electron chi connectivity index (χ4n) is 6.83. The molecule has 4 aromatic rings. The summed E-state index contributed by atoms with van der Waals surface area (Å²) in [6, 6.07) is 19.7. The summed E-state index contributed by atoms with van der Waals surface area (Å²) in [4.78, 5) is 6.19. The van der Waals surface area contributed by atoms with E-state index in [9.17, 15) is 4.39 Å². The number of rotatable bonds is 4. The second-order valence-corrected chi connectivity index (χ2v) is 15.2. The number of aromatic amines is 1. The Morgan fingerprint density at radius 1 is 0.452 bits per heavy atom. The van der Waals surface area contributed by atoms with Crippen LogP contribution >= 0.6 is 0 Å². The van der Waals surface area contributed by atoms with Crippen molar-refractivity contribution in [3.8, 4) is 308 Å². The van der Waals surface area contributed by atoms with Gasteiger partial charge >= 0.3 is 0 Å². The van der Waals surface area contributed by atoms with Crippen LogP contribution in [0.2, 0.25) is 0 Å². The van der Waals surface area contributed by atoms with Crippen LogP contribution in [-0.4, -0.2) is 23.5 Å². The maximum absolute atomic E-state index is 13.5. The van der Waals surface area contributed by atoms with Gasteiger partial charge in [-0.2, -0.15) is 0 Å². The lowest BCUT2D eigenvalue weighted by Crippen LogP contribution is -2.39. The van der Waals surface area contributed by atoms with Gasteiger partial charge in [0.1, 0.15) is 12.4 Å². The van der Waals surface area contributed by atoms with Gasteiger partial charge in [-0.3, -0.25) is 4.90 Å². The molecule has 0 amide bonds. The molecule has 3 aromatic carbocycles. The maximum atomic E-state index is 13.5. The van der Waals surface area contributed by atoms with Crippen molar-refractivity contribution in [1.82, 2.24) is 9.88 Å². The highest BCUT2D eigenvalue weighted by molar-refractivity contribution is 5.85. The molecule has 4 nitrogen and oxygen atoms in total. The van der Waals surface area contributed by atoms with Crippen LogP contribution in [0.15, 0.2) is 60.7 Å². The molecule has 1 N–H and O–H groups in total. The minimum atomic E-state index is -0.252. The Balaban J connectivity index is 0.000000338. The van der Waals surface area contributed by atoms with E-state index in [2.05, 4.69) is 342 Å². The van der Waals surface area contributed by atoms with Gasteiger partial charge in [0.15, 0.2) is 11.5 Å². The molecule has 0 saturated carbocycles. The minimum absolute atomic E-state index is 0.252. The van der Waals surface area contributed by atoms with Crippen LogP contribution in [0.25, 0.3) is 10.9 Å². The molecule has 0 aliphatic carbocycles. The number of aromatic nitrogens is 1. The standard InChI is InChI=1S/C52H6.C27H25FN2O2/c1-3-5-7-9-11-13-15-17-19-21-23-25-27-29-31-33-35-37-39-41-43-45-47-49-51-52-50-48-46-44-42-40-38-36-34-32-30-28-26-24-22-20-18-16-14-12-10-8-6-4-2;1-31-26-14-21-18(12-27(26)32-16-17-5-4-6-19(28)11-17)9-10-30-15-24-22(13-25(21)30)20-7-2-3-8-23(20)29-24/h1-2H3;2-8,11-12,14,25,29H,9-10,13,15-16H2,1H3. The molecule has 2 aliphatic heterocycles. The normalized spacial score (nSPS) is 9.12. The molecule has 0 saturated heterocycles. The van der Waals surface area contributed by atoms with Gasteiger partial charge in [0.25, 0.3) is 0 Å². The molecular weight excluding hydrogens is 1030 g/mol. The number of ether oxygens (including phenoxy) is 2. The van der Waals surface area contributed by atoms with Crippen LogP contribution in [0.1, 0.15) is 47.8 Å². The second kappa shape index (κ2) is 39.1. The van der Waals surface area contributed by atoms with E-state index in [4.69, 9.17) is 9.47 Å². The number of fused-ring (bicyclic) bond motifs is 6. The first-order valence-corrected chi connectivity index (χ1v) is 24.3. The largest absolute Gasteiger partial charge is 0.493 e. The Morgan fingerprint density at radius 2 is 0.833 bits per heavy atom. The van der Waals surface area contributed by atoms with Gasteiger partial charge < -0.3 is 14.5 Å². The predicted octanol–water partition coefficient (Wildman–Crippen LogP) is 6.66. The van der Waals surface area contributed by atoms with Crippen molar-refractivity contribution in [2.75, 3.05) is 13.7 Å². The Labute approximate surface area is 493 Å². The van der Waals surface area contributed by atoms with Crippen LogP contribution in [0, 0.1) is 302 Å². The van der Waals surface area contributed by atoms with Crippen LogP contribution in [0.5, 0.6) is 11.5 Å². The summed E-state index contributed by atoms with van der Waals surface area (Å²) in [6.07, 6.45) is 1.96. The second-order valence-electron chi connectivity index (χ2n) is 15.2. The quantitative estimate of drug-likeness (QED) is 0.233. The SMILES string of the molecule is CC#CC#CC#CC#CC#CC#CC#CC#CC#CC#CC#CC#CC#CC#CC#CC#CC#CC#CC#CC#CC#CC#CC#CC#CC#CC.COc1cc2c(cc1OCc1cccc(F)c1)CCN1Cc3[nH]c4ccccc4c3CC21. The molecular formula is C79H31FN2O2. The summed E-state index contributed by atoms with van der Waals surface area (Å²) < 4.78 is 25.3. The van der Waals surface area contributed by atoms with E-state index >= 15 is 0 Å². The van der Waals surface area contributed by atoms with Gasteiger partial charge in [0.2, 0.25) is 0 Å². The molecule has 6 rings (SSSR count). The fourth-order valence-corrected chi connectivity index (χ4v) is 6.83. The number of nitrogens with zero attached hydrogens (tertiary/aromatic N) is 1. The van der Waals surface area contributed by atoms with Crippen molar-refractivity contribution >= 4 is 10.9 Å². The van der Waals surface area contributed by atoms with E-state index in [-0.39, 0.29) is 5.82 Å². The molecule has 0 fully saturated rings. The van der Waals surface area contributed by atoms with Gasteiger partial charge in [-0.05, 0) is 174 Å². The number of hydrogen-bond donors (Lipinski definition) is 1. The average Bonchev–Trinajstić information content (AvgIpc) is 2.90. The predicted molar refractivity (Wildman–Crippen MR) is 328 cm³/mol. The smallest absolute Gasteiger partial charge is 0.161 e. The molecule has 5 heteroatoms. The van der Waals surface area contributed by atoms with Gasteiger partial charge in [0, 0.05) is 225 Å². The van der Waals surface area contributed by atoms with Crippen molar-refractivity contribution in [1.29, 1.82) is 0 Å². The fraction of sp³-hybridized carbons (Fsp3) is 0.114. The number of para-hydroxylation sites is 1.